The second-order valence-corrected chi connectivity index (χ2v) is 12.7. The summed E-state index contributed by atoms with van der Waals surface area (Å²) in [4.78, 5) is 7.49. The van der Waals surface area contributed by atoms with E-state index >= 15 is 0 Å². The van der Waals surface area contributed by atoms with Gasteiger partial charge in [0, 0.05) is 47.1 Å². The summed E-state index contributed by atoms with van der Waals surface area (Å²) in [6.07, 6.45) is 6.78. The van der Waals surface area contributed by atoms with E-state index in [2.05, 4.69) is 57.4 Å². The largest absolute Gasteiger partial charge is 0.333 e. The number of halogens is 2. The van der Waals surface area contributed by atoms with Gasteiger partial charge < -0.3 is 16.4 Å². The number of sulfone groups is 1. The first kappa shape index (κ1) is 26.2. The molecule has 35 heavy (non-hydrogen) atoms. The van der Waals surface area contributed by atoms with Gasteiger partial charge in [-0.1, -0.05) is 33.6 Å². The molecule has 4 N–H and O–H groups in total. The molecule has 2 aliphatic rings. The molecule has 0 amide bonds. The molecule has 7 nitrogen and oxygen atoms in total. The Hall–Kier alpha value is -1.91. The second kappa shape index (κ2) is 10.2. The third kappa shape index (κ3) is 6.09. The van der Waals surface area contributed by atoms with Crippen LogP contribution >= 0.6 is 27.5 Å². The van der Waals surface area contributed by atoms with E-state index in [9.17, 15) is 8.42 Å². The van der Waals surface area contributed by atoms with E-state index < -0.39 is 15.5 Å². The Morgan fingerprint density at radius 2 is 1.86 bits per heavy atom. The Kier molecular flexibility index (Phi) is 7.64. The Bertz CT molecular complexity index is 1270. The van der Waals surface area contributed by atoms with Crippen molar-refractivity contribution >= 4 is 43.3 Å². The van der Waals surface area contributed by atoms with Gasteiger partial charge in [-0.25, -0.2) is 13.4 Å². The van der Waals surface area contributed by atoms with Crippen LogP contribution in [0.5, 0.6) is 0 Å². The summed E-state index contributed by atoms with van der Waals surface area (Å²) in [6.45, 7) is 6.55. The van der Waals surface area contributed by atoms with Crippen molar-refractivity contribution in [2.75, 3.05) is 19.3 Å². The zero-order chi connectivity index (χ0) is 25.4. The standard InChI is InChI=1S/C25H31BrClN5O2S/c1-16-12-19(26)13-17(2)23(16)25(28)8-9-29-24(31-25)30-20-6-10-32(11-7-20)15-18-4-5-21(14-22(18)27)35(3,33)34/h4-5,8-9,12-14,20H,6-7,10-11,15,28H2,1-3H3,(H2,29,30,31). The molecule has 0 bridgehead atoms. The van der Waals surface area contributed by atoms with Crippen LogP contribution in [-0.2, 0) is 22.0 Å². The van der Waals surface area contributed by atoms with Crippen molar-refractivity contribution in [3.05, 3.63) is 74.4 Å². The van der Waals surface area contributed by atoms with Gasteiger partial charge in [0.15, 0.2) is 15.8 Å². The normalized spacial score (nSPS) is 22.7. The first-order valence-corrected chi connectivity index (χ1v) is 14.6. The predicted octanol–water partition coefficient (Wildman–Crippen LogP) is 3.96. The molecule has 1 fully saturated rings. The molecule has 0 aromatic heterocycles. The number of aryl methyl sites for hydroxylation is 2. The highest BCUT2D eigenvalue weighted by molar-refractivity contribution is 9.10. The highest BCUT2D eigenvalue weighted by Crippen LogP contribution is 2.29. The molecule has 0 aliphatic carbocycles. The summed E-state index contributed by atoms with van der Waals surface area (Å²) in [5, 5.41) is 7.09. The van der Waals surface area contributed by atoms with Crippen LogP contribution in [0.4, 0.5) is 0 Å². The SMILES string of the molecule is Cc1cc(Br)cc(C)c1C1(N)C=CNC(=NC2CCN(Cc3ccc(S(C)(=O)=O)cc3Cl)CC2)N1. The van der Waals surface area contributed by atoms with Crippen LogP contribution < -0.4 is 16.4 Å². The number of nitrogens with one attached hydrogen (secondary N) is 2. The van der Waals surface area contributed by atoms with Gasteiger partial charge in [-0.3, -0.25) is 4.90 Å². The lowest BCUT2D eigenvalue weighted by Gasteiger charge is -2.36. The van der Waals surface area contributed by atoms with Crippen LogP contribution in [0.2, 0.25) is 5.02 Å². The number of aliphatic imine (C=N–C) groups is 1. The fourth-order valence-electron chi connectivity index (χ4n) is 4.82. The minimum Gasteiger partial charge on any atom is -0.333 e. The number of likely N-dealkylation sites (tertiary alicyclic amines) is 1. The number of hydrogen-bond donors (Lipinski definition) is 3. The van der Waals surface area contributed by atoms with Gasteiger partial charge in [0.1, 0.15) is 5.66 Å². The minimum absolute atomic E-state index is 0.173. The second-order valence-electron chi connectivity index (χ2n) is 9.40. The molecule has 0 saturated carbocycles. The molecule has 1 saturated heterocycles. The number of nitrogens with zero attached hydrogens (tertiary/aromatic N) is 2. The topological polar surface area (TPSA) is 99.8 Å². The Balaban J connectivity index is 1.39. The zero-order valence-electron chi connectivity index (χ0n) is 20.1. The molecule has 10 heteroatoms. The van der Waals surface area contributed by atoms with Gasteiger partial charge in [-0.05, 0) is 73.7 Å². The molecular weight excluding hydrogens is 550 g/mol. The van der Waals surface area contributed by atoms with E-state index in [0.717, 1.165) is 52.7 Å². The van der Waals surface area contributed by atoms with Gasteiger partial charge in [-0.15, -0.1) is 0 Å². The van der Waals surface area contributed by atoms with Crippen LogP contribution in [0.15, 0.2) is 57.0 Å². The molecule has 2 aliphatic heterocycles. The van der Waals surface area contributed by atoms with Gasteiger partial charge in [-0.2, -0.15) is 0 Å². The molecular formula is C25H31BrClN5O2S. The van der Waals surface area contributed by atoms with E-state index in [-0.39, 0.29) is 10.9 Å². The quantitative estimate of drug-likeness (QED) is 0.495. The summed E-state index contributed by atoms with van der Waals surface area (Å²) in [5.74, 6) is 0.676. The maximum atomic E-state index is 11.7. The van der Waals surface area contributed by atoms with Crippen LogP contribution in [0.25, 0.3) is 0 Å². The highest BCUT2D eigenvalue weighted by atomic mass is 79.9. The average Bonchev–Trinajstić information content (AvgIpc) is 2.75. The number of piperidine rings is 1. The van der Waals surface area contributed by atoms with Crippen LogP contribution in [0.1, 0.15) is 35.1 Å². The van der Waals surface area contributed by atoms with E-state index in [4.69, 9.17) is 22.3 Å². The number of nitrogens with two attached hydrogens (primary N) is 1. The average molecular weight is 581 g/mol. The maximum Gasteiger partial charge on any atom is 0.197 e. The summed E-state index contributed by atoms with van der Waals surface area (Å²) < 4.78 is 24.5. The van der Waals surface area contributed by atoms with Crippen molar-refractivity contribution in [2.24, 2.45) is 10.7 Å². The molecule has 2 aromatic carbocycles. The third-order valence-corrected chi connectivity index (χ3v) is 8.44. The Morgan fingerprint density at radius 1 is 1.20 bits per heavy atom. The summed E-state index contributed by atoms with van der Waals surface area (Å²) in [7, 11) is -3.27. The first-order valence-electron chi connectivity index (χ1n) is 11.5. The molecule has 2 aromatic rings. The monoisotopic (exact) mass is 579 g/mol. The van der Waals surface area contributed by atoms with Crippen molar-refractivity contribution in [2.45, 2.75) is 49.8 Å². The van der Waals surface area contributed by atoms with Crippen LogP contribution in [0.3, 0.4) is 0 Å². The maximum absolute atomic E-state index is 11.7. The van der Waals surface area contributed by atoms with Crippen LogP contribution in [0, 0.1) is 13.8 Å². The van der Waals surface area contributed by atoms with Crippen molar-refractivity contribution in [3.8, 4) is 0 Å². The Morgan fingerprint density at radius 3 is 2.46 bits per heavy atom. The number of guanidine groups is 1. The summed E-state index contributed by atoms with van der Waals surface area (Å²) >= 11 is 9.93. The van der Waals surface area contributed by atoms with Gasteiger partial charge in [0.25, 0.3) is 0 Å². The fraction of sp³-hybridized carbons (Fsp3) is 0.400. The summed E-state index contributed by atoms with van der Waals surface area (Å²) in [6, 6.07) is 9.28. The molecule has 0 spiro atoms. The van der Waals surface area contributed by atoms with Gasteiger partial charge >= 0.3 is 0 Å². The Labute approximate surface area is 220 Å². The smallest absolute Gasteiger partial charge is 0.197 e. The molecule has 4 rings (SSSR count). The first-order chi connectivity index (χ1) is 16.4. The molecule has 0 radical (unpaired) electrons. The van der Waals surface area contributed by atoms with Crippen molar-refractivity contribution < 1.29 is 8.42 Å². The van der Waals surface area contributed by atoms with E-state index in [1.807, 2.05) is 12.3 Å². The van der Waals surface area contributed by atoms with E-state index in [1.54, 1.807) is 12.1 Å². The summed E-state index contributed by atoms with van der Waals surface area (Å²) in [5.41, 5.74) is 10.1. The molecule has 2 heterocycles. The van der Waals surface area contributed by atoms with E-state index in [0.29, 0.717) is 17.5 Å². The number of benzene rings is 2. The zero-order valence-corrected chi connectivity index (χ0v) is 23.3. The lowest BCUT2D eigenvalue weighted by Crippen LogP contribution is -2.58. The fourth-order valence-corrected chi connectivity index (χ4v) is 6.46. The molecule has 1 unspecified atom stereocenters. The predicted molar refractivity (Wildman–Crippen MR) is 145 cm³/mol. The van der Waals surface area contributed by atoms with Crippen LogP contribution in [-0.4, -0.2) is 44.7 Å². The van der Waals surface area contributed by atoms with Crippen molar-refractivity contribution in [3.63, 3.8) is 0 Å². The van der Waals surface area contributed by atoms with E-state index in [1.165, 1.54) is 12.3 Å². The number of hydrogen-bond acceptors (Lipinski definition) is 5. The van der Waals surface area contributed by atoms with Gasteiger partial charge in [0.05, 0.1) is 10.9 Å². The lowest BCUT2D eigenvalue weighted by molar-refractivity contribution is 0.206. The lowest BCUT2D eigenvalue weighted by atomic mass is 9.90. The third-order valence-electron chi connectivity index (χ3n) is 6.52. The van der Waals surface area contributed by atoms with Crippen molar-refractivity contribution in [1.29, 1.82) is 0 Å². The molecule has 188 valence electrons. The molecule has 1 atom stereocenters. The van der Waals surface area contributed by atoms with Crippen molar-refractivity contribution in [1.82, 2.24) is 15.5 Å². The highest BCUT2D eigenvalue weighted by Gasteiger charge is 2.32. The number of rotatable bonds is 5. The van der Waals surface area contributed by atoms with Gasteiger partial charge in [0.2, 0.25) is 0 Å². The minimum atomic E-state index is -3.27.